The van der Waals surface area contributed by atoms with Crippen LogP contribution in [0.15, 0.2) is 59.0 Å². The average Bonchev–Trinajstić information content (AvgIpc) is 3.13. The van der Waals surface area contributed by atoms with Crippen LogP contribution in [0.5, 0.6) is 0 Å². The number of hydrogen-bond acceptors (Lipinski definition) is 4. The van der Waals surface area contributed by atoms with Gasteiger partial charge in [-0.1, -0.05) is 30.3 Å². The summed E-state index contributed by atoms with van der Waals surface area (Å²) in [6, 6.07) is 15.8. The maximum Gasteiger partial charge on any atom is 0.330 e. The third-order valence-corrected chi connectivity index (χ3v) is 3.50. The van der Waals surface area contributed by atoms with Crippen molar-refractivity contribution in [3.63, 3.8) is 0 Å². The van der Waals surface area contributed by atoms with Gasteiger partial charge < -0.3 is 9.15 Å². The number of halogens is 4. The standard InChI is InChI=1S/C18H14F4N2O2/c19-17(20)18(21,22)11-25-10-12-5-4-8-14(9-12)16-24-23-15(26-16)13-6-2-1-3-7-13/h1-9,17H,10-11H2. The predicted octanol–water partition coefficient (Wildman–Crippen LogP) is 4.82. The number of rotatable bonds is 7. The van der Waals surface area contributed by atoms with Crippen LogP contribution in [0, 0.1) is 0 Å². The lowest BCUT2D eigenvalue weighted by Crippen LogP contribution is -2.32. The average molecular weight is 366 g/mol. The van der Waals surface area contributed by atoms with Crippen LogP contribution in [0.25, 0.3) is 22.9 Å². The van der Waals surface area contributed by atoms with Gasteiger partial charge in [-0.25, -0.2) is 8.78 Å². The molecule has 0 spiro atoms. The van der Waals surface area contributed by atoms with E-state index in [2.05, 4.69) is 10.2 Å². The van der Waals surface area contributed by atoms with E-state index in [9.17, 15) is 17.6 Å². The Balaban J connectivity index is 1.69. The van der Waals surface area contributed by atoms with E-state index in [1.807, 2.05) is 30.3 Å². The molecule has 3 aromatic rings. The van der Waals surface area contributed by atoms with Crippen LogP contribution in [0.1, 0.15) is 5.56 Å². The summed E-state index contributed by atoms with van der Waals surface area (Å²) < 4.78 is 60.2. The molecule has 3 rings (SSSR count). The van der Waals surface area contributed by atoms with E-state index in [1.165, 1.54) is 0 Å². The van der Waals surface area contributed by atoms with E-state index in [0.717, 1.165) is 5.56 Å². The first-order valence-corrected chi connectivity index (χ1v) is 7.68. The van der Waals surface area contributed by atoms with E-state index < -0.39 is 19.0 Å². The second-order valence-corrected chi connectivity index (χ2v) is 5.53. The molecular weight excluding hydrogens is 352 g/mol. The Bertz CT molecular complexity index is 853. The van der Waals surface area contributed by atoms with E-state index in [1.54, 1.807) is 24.3 Å². The molecule has 0 N–H and O–H groups in total. The van der Waals surface area contributed by atoms with Crippen molar-refractivity contribution < 1.29 is 26.7 Å². The maximum atomic E-state index is 12.8. The fourth-order valence-electron chi connectivity index (χ4n) is 2.20. The van der Waals surface area contributed by atoms with Crippen molar-refractivity contribution in [2.45, 2.75) is 19.0 Å². The zero-order valence-corrected chi connectivity index (χ0v) is 13.4. The van der Waals surface area contributed by atoms with Gasteiger partial charge in [0.1, 0.15) is 6.61 Å². The fourth-order valence-corrected chi connectivity index (χ4v) is 2.20. The number of ether oxygens (including phenoxy) is 1. The van der Waals surface area contributed by atoms with Crippen molar-refractivity contribution in [1.29, 1.82) is 0 Å². The fraction of sp³-hybridized carbons (Fsp3) is 0.222. The minimum Gasteiger partial charge on any atom is -0.416 e. The monoisotopic (exact) mass is 366 g/mol. The highest BCUT2D eigenvalue weighted by molar-refractivity contribution is 5.58. The van der Waals surface area contributed by atoms with Crippen molar-refractivity contribution in [2.24, 2.45) is 0 Å². The van der Waals surface area contributed by atoms with Crippen LogP contribution in [-0.4, -0.2) is 29.2 Å². The van der Waals surface area contributed by atoms with Gasteiger partial charge in [0.05, 0.1) is 6.61 Å². The maximum absolute atomic E-state index is 12.8. The lowest BCUT2D eigenvalue weighted by molar-refractivity contribution is -0.168. The van der Waals surface area contributed by atoms with Gasteiger partial charge in [0.25, 0.3) is 0 Å². The number of benzene rings is 2. The molecule has 0 atom stereocenters. The van der Waals surface area contributed by atoms with E-state index in [-0.39, 0.29) is 12.5 Å². The van der Waals surface area contributed by atoms with Crippen molar-refractivity contribution >= 4 is 0 Å². The highest BCUT2D eigenvalue weighted by atomic mass is 19.3. The predicted molar refractivity (Wildman–Crippen MR) is 85.8 cm³/mol. The Morgan fingerprint density at radius 1 is 0.923 bits per heavy atom. The first-order valence-electron chi connectivity index (χ1n) is 7.68. The summed E-state index contributed by atoms with van der Waals surface area (Å²) in [7, 11) is 0. The lowest BCUT2D eigenvalue weighted by atomic mass is 10.1. The Morgan fingerprint density at radius 3 is 2.27 bits per heavy atom. The molecule has 1 heterocycles. The van der Waals surface area contributed by atoms with Crippen LogP contribution in [0.3, 0.4) is 0 Å². The van der Waals surface area contributed by atoms with Gasteiger partial charge >= 0.3 is 12.3 Å². The molecule has 0 unspecified atom stereocenters. The summed E-state index contributed by atoms with van der Waals surface area (Å²) in [6.45, 7) is -1.59. The van der Waals surface area contributed by atoms with Gasteiger partial charge in [-0.05, 0) is 29.8 Å². The molecule has 0 aliphatic carbocycles. The highest BCUT2D eigenvalue weighted by Crippen LogP contribution is 2.26. The summed E-state index contributed by atoms with van der Waals surface area (Å²) in [5, 5.41) is 7.95. The molecule has 0 bridgehead atoms. The molecule has 0 aliphatic heterocycles. The van der Waals surface area contributed by atoms with Crippen LogP contribution < -0.4 is 0 Å². The first-order chi connectivity index (χ1) is 12.5. The molecule has 0 amide bonds. The van der Waals surface area contributed by atoms with Gasteiger partial charge in [-0.3, -0.25) is 0 Å². The van der Waals surface area contributed by atoms with E-state index >= 15 is 0 Å². The van der Waals surface area contributed by atoms with Crippen molar-refractivity contribution in [2.75, 3.05) is 6.61 Å². The van der Waals surface area contributed by atoms with Crippen LogP contribution in [-0.2, 0) is 11.3 Å². The highest BCUT2D eigenvalue weighted by Gasteiger charge is 2.40. The summed E-state index contributed by atoms with van der Waals surface area (Å²) in [5.41, 5.74) is 1.85. The minimum absolute atomic E-state index is 0.240. The molecule has 0 aliphatic rings. The summed E-state index contributed by atoms with van der Waals surface area (Å²) in [6.07, 6.45) is -3.76. The third-order valence-electron chi connectivity index (χ3n) is 3.50. The smallest absolute Gasteiger partial charge is 0.330 e. The van der Waals surface area contributed by atoms with Crippen molar-refractivity contribution in [1.82, 2.24) is 10.2 Å². The summed E-state index contributed by atoms with van der Waals surface area (Å²) >= 11 is 0. The first kappa shape index (κ1) is 18.1. The Morgan fingerprint density at radius 2 is 1.58 bits per heavy atom. The number of alkyl halides is 4. The molecule has 0 saturated carbocycles. The quantitative estimate of drug-likeness (QED) is 0.563. The molecule has 136 valence electrons. The molecule has 8 heteroatoms. The van der Waals surface area contributed by atoms with Gasteiger partial charge in [0, 0.05) is 11.1 Å². The molecule has 4 nitrogen and oxygen atoms in total. The van der Waals surface area contributed by atoms with Crippen molar-refractivity contribution in [3.05, 3.63) is 60.2 Å². The number of aromatic nitrogens is 2. The van der Waals surface area contributed by atoms with E-state index in [0.29, 0.717) is 17.0 Å². The molecule has 0 fully saturated rings. The Labute approximate surface area is 146 Å². The third kappa shape index (κ3) is 4.26. The van der Waals surface area contributed by atoms with Gasteiger partial charge in [-0.2, -0.15) is 8.78 Å². The van der Waals surface area contributed by atoms with Crippen LogP contribution in [0.4, 0.5) is 17.6 Å². The molecule has 0 saturated heterocycles. The zero-order chi connectivity index (χ0) is 18.6. The number of hydrogen-bond donors (Lipinski definition) is 0. The molecular formula is C18H14F4N2O2. The summed E-state index contributed by atoms with van der Waals surface area (Å²) in [4.78, 5) is 0. The van der Waals surface area contributed by atoms with Gasteiger partial charge in [-0.15, -0.1) is 10.2 Å². The zero-order valence-electron chi connectivity index (χ0n) is 13.4. The van der Waals surface area contributed by atoms with Crippen LogP contribution in [0.2, 0.25) is 0 Å². The topological polar surface area (TPSA) is 48.2 Å². The van der Waals surface area contributed by atoms with E-state index in [4.69, 9.17) is 9.15 Å². The SMILES string of the molecule is FC(F)C(F)(F)COCc1cccc(-c2nnc(-c3ccccc3)o2)c1. The van der Waals surface area contributed by atoms with Gasteiger partial charge in [0.2, 0.25) is 11.8 Å². The summed E-state index contributed by atoms with van der Waals surface area (Å²) in [5.74, 6) is -3.57. The number of nitrogens with zero attached hydrogens (tertiary/aromatic N) is 2. The molecule has 0 radical (unpaired) electrons. The minimum atomic E-state index is -4.17. The molecule has 2 aromatic carbocycles. The van der Waals surface area contributed by atoms with Crippen molar-refractivity contribution in [3.8, 4) is 22.9 Å². The largest absolute Gasteiger partial charge is 0.416 e. The van der Waals surface area contributed by atoms with Crippen LogP contribution >= 0.6 is 0 Å². The Hall–Kier alpha value is -2.74. The lowest BCUT2D eigenvalue weighted by Gasteiger charge is -2.15. The Kier molecular flexibility index (Phi) is 5.32. The normalized spacial score (nSPS) is 11.9. The molecule has 1 aromatic heterocycles. The second kappa shape index (κ2) is 7.65. The van der Waals surface area contributed by atoms with Gasteiger partial charge in [0.15, 0.2) is 0 Å². The molecule has 26 heavy (non-hydrogen) atoms. The second-order valence-electron chi connectivity index (χ2n) is 5.53.